The van der Waals surface area contributed by atoms with Gasteiger partial charge in [0.25, 0.3) is 0 Å². The van der Waals surface area contributed by atoms with Crippen molar-refractivity contribution in [3.63, 3.8) is 0 Å². The Morgan fingerprint density at radius 3 is 2.36 bits per heavy atom. The topological polar surface area (TPSA) is 42.1 Å². The maximum atomic E-state index is 5.62. The molecule has 1 aliphatic heterocycles. The summed E-state index contributed by atoms with van der Waals surface area (Å²) in [7, 11) is 1.97. The lowest BCUT2D eigenvalue weighted by atomic mass is 10.1. The Morgan fingerprint density at radius 1 is 0.964 bits per heavy atom. The first-order valence-corrected chi connectivity index (χ1v) is 10.1. The van der Waals surface area contributed by atoms with E-state index in [4.69, 9.17) is 17.3 Å². The highest BCUT2D eigenvalue weighted by molar-refractivity contribution is 7.71. The highest BCUT2D eigenvalue weighted by Crippen LogP contribution is 2.17. The molecule has 146 valence electrons. The molecule has 0 aliphatic carbocycles. The van der Waals surface area contributed by atoms with Gasteiger partial charge in [0.1, 0.15) is 0 Å². The zero-order valence-electron chi connectivity index (χ0n) is 16.5. The van der Waals surface area contributed by atoms with E-state index in [9.17, 15) is 0 Å². The number of hydrogen-bond acceptors (Lipinski definition) is 5. The smallest absolute Gasteiger partial charge is 0.199 e. The largest absolute Gasteiger partial charge is 0.303 e. The Kier molecular flexibility index (Phi) is 5.66. The van der Waals surface area contributed by atoms with Gasteiger partial charge in [0, 0.05) is 57.7 Å². The van der Waals surface area contributed by atoms with Crippen molar-refractivity contribution in [2.75, 3.05) is 26.2 Å². The van der Waals surface area contributed by atoms with E-state index in [1.807, 2.05) is 28.4 Å². The zero-order chi connectivity index (χ0) is 19.5. The molecule has 28 heavy (non-hydrogen) atoms. The molecule has 3 heterocycles. The van der Waals surface area contributed by atoms with Gasteiger partial charge >= 0.3 is 0 Å². The molecule has 1 aromatic carbocycles. The fraction of sp³-hybridized carbons (Fsp3) is 0.381. The number of hydrogen-bond donors (Lipinski definition) is 0. The van der Waals surface area contributed by atoms with Gasteiger partial charge in [-0.1, -0.05) is 24.3 Å². The molecule has 6 nitrogen and oxygen atoms in total. The monoisotopic (exact) mass is 394 g/mol. The highest BCUT2D eigenvalue weighted by atomic mass is 32.1. The molecule has 1 aliphatic rings. The van der Waals surface area contributed by atoms with Crippen LogP contribution in [0.1, 0.15) is 11.1 Å². The molecule has 2 aromatic heterocycles. The normalized spacial score (nSPS) is 15.8. The lowest BCUT2D eigenvalue weighted by Gasteiger charge is -2.34. The molecule has 3 aromatic rings. The number of nitrogens with zero attached hydrogens (tertiary/aromatic N) is 6. The molecule has 0 spiro atoms. The number of pyridine rings is 1. The van der Waals surface area contributed by atoms with E-state index in [0.717, 1.165) is 55.6 Å². The molecule has 0 N–H and O–H groups in total. The molecule has 0 amide bonds. The summed E-state index contributed by atoms with van der Waals surface area (Å²) in [5.74, 6) is 0.880. The molecular weight excluding hydrogens is 368 g/mol. The van der Waals surface area contributed by atoms with E-state index in [1.165, 1.54) is 11.1 Å². The molecule has 0 atom stereocenters. The van der Waals surface area contributed by atoms with Crippen LogP contribution >= 0.6 is 12.2 Å². The fourth-order valence-corrected chi connectivity index (χ4v) is 3.82. The Bertz CT molecular complexity index is 986. The first kappa shape index (κ1) is 19.0. The summed E-state index contributed by atoms with van der Waals surface area (Å²) < 4.78 is 4.65. The summed E-state index contributed by atoms with van der Waals surface area (Å²) in [5, 5.41) is 4.76. The van der Waals surface area contributed by atoms with E-state index in [1.54, 1.807) is 12.4 Å². The standard InChI is InChI=1S/C21H26N6S/c1-17-5-3-4-6-19(17)15-25-11-13-26(14-12-25)16-27-21(28)24(2)20(23-27)18-7-9-22-10-8-18/h3-10H,11-16H2,1-2H3. The van der Waals surface area contributed by atoms with Crippen LogP contribution in [0.25, 0.3) is 11.4 Å². The molecule has 7 heteroatoms. The van der Waals surface area contributed by atoms with Crippen molar-refractivity contribution in [1.82, 2.24) is 29.1 Å². The highest BCUT2D eigenvalue weighted by Gasteiger charge is 2.19. The second-order valence-electron chi connectivity index (χ2n) is 7.36. The van der Waals surface area contributed by atoms with Crippen LogP contribution in [0.15, 0.2) is 48.8 Å². The van der Waals surface area contributed by atoms with E-state index in [0.29, 0.717) is 0 Å². The minimum atomic E-state index is 0.732. The van der Waals surface area contributed by atoms with Gasteiger partial charge in [-0.2, -0.15) is 5.10 Å². The molecule has 1 fully saturated rings. The van der Waals surface area contributed by atoms with Gasteiger partial charge in [-0.05, 0) is 42.4 Å². The third kappa shape index (κ3) is 4.06. The quantitative estimate of drug-likeness (QED) is 0.622. The van der Waals surface area contributed by atoms with Crippen molar-refractivity contribution in [1.29, 1.82) is 0 Å². The number of aromatic nitrogens is 4. The van der Waals surface area contributed by atoms with Gasteiger partial charge in [-0.3, -0.25) is 14.8 Å². The second kappa shape index (κ2) is 8.34. The molecule has 0 unspecified atom stereocenters. The van der Waals surface area contributed by atoms with Gasteiger partial charge < -0.3 is 4.57 Å². The minimum absolute atomic E-state index is 0.732. The number of benzene rings is 1. The summed E-state index contributed by atoms with van der Waals surface area (Å²) >= 11 is 5.62. The van der Waals surface area contributed by atoms with Crippen molar-refractivity contribution in [3.8, 4) is 11.4 Å². The summed E-state index contributed by atoms with van der Waals surface area (Å²) in [5.41, 5.74) is 3.82. The van der Waals surface area contributed by atoms with Gasteiger partial charge in [0.05, 0.1) is 6.67 Å². The van der Waals surface area contributed by atoms with E-state index in [2.05, 4.69) is 46.0 Å². The molecule has 0 saturated carbocycles. The zero-order valence-corrected chi connectivity index (χ0v) is 17.3. The maximum Gasteiger partial charge on any atom is 0.199 e. The van der Waals surface area contributed by atoms with E-state index < -0.39 is 0 Å². The van der Waals surface area contributed by atoms with Crippen molar-refractivity contribution in [2.45, 2.75) is 20.1 Å². The second-order valence-corrected chi connectivity index (χ2v) is 7.73. The molecular formula is C21H26N6S. The predicted octanol–water partition coefficient (Wildman–Crippen LogP) is 3.10. The first-order valence-electron chi connectivity index (χ1n) is 9.65. The van der Waals surface area contributed by atoms with Crippen LogP contribution in [0.2, 0.25) is 0 Å². The van der Waals surface area contributed by atoms with Gasteiger partial charge in [-0.25, -0.2) is 4.68 Å². The minimum Gasteiger partial charge on any atom is -0.303 e. The third-order valence-corrected chi connectivity index (χ3v) is 5.92. The Labute approximate surface area is 171 Å². The van der Waals surface area contributed by atoms with Crippen LogP contribution in [0.4, 0.5) is 0 Å². The maximum absolute atomic E-state index is 5.62. The summed E-state index contributed by atoms with van der Waals surface area (Å²) in [6.07, 6.45) is 3.57. The Morgan fingerprint density at radius 2 is 1.64 bits per heavy atom. The lowest BCUT2D eigenvalue weighted by molar-refractivity contribution is 0.0980. The van der Waals surface area contributed by atoms with Crippen molar-refractivity contribution in [2.24, 2.45) is 7.05 Å². The average Bonchev–Trinajstić information content (AvgIpc) is 3.00. The van der Waals surface area contributed by atoms with Crippen LogP contribution in [0, 0.1) is 11.7 Å². The first-order chi connectivity index (χ1) is 13.6. The molecule has 0 radical (unpaired) electrons. The van der Waals surface area contributed by atoms with Gasteiger partial charge in [0.2, 0.25) is 0 Å². The number of piperazine rings is 1. The SMILES string of the molecule is Cc1ccccc1CN1CCN(Cn2nc(-c3ccncc3)n(C)c2=S)CC1. The summed E-state index contributed by atoms with van der Waals surface area (Å²) in [6, 6.07) is 12.6. The molecule has 4 rings (SSSR count). The van der Waals surface area contributed by atoms with Crippen LogP contribution in [0.5, 0.6) is 0 Å². The third-order valence-electron chi connectivity index (χ3n) is 5.43. The van der Waals surface area contributed by atoms with Gasteiger partial charge in [-0.15, -0.1) is 0 Å². The predicted molar refractivity (Wildman–Crippen MR) is 113 cm³/mol. The Balaban J connectivity index is 1.39. The molecule has 0 bridgehead atoms. The summed E-state index contributed by atoms with van der Waals surface area (Å²) in [4.78, 5) is 9.03. The average molecular weight is 395 g/mol. The van der Waals surface area contributed by atoms with Crippen LogP contribution in [-0.2, 0) is 20.3 Å². The van der Waals surface area contributed by atoms with Crippen molar-refractivity contribution < 1.29 is 0 Å². The summed E-state index contributed by atoms with van der Waals surface area (Å²) in [6.45, 7) is 8.11. The fourth-order valence-electron chi connectivity index (χ4n) is 3.64. The van der Waals surface area contributed by atoms with Gasteiger partial charge in [0.15, 0.2) is 10.6 Å². The van der Waals surface area contributed by atoms with Crippen molar-refractivity contribution in [3.05, 3.63) is 64.7 Å². The van der Waals surface area contributed by atoms with Crippen LogP contribution in [0.3, 0.4) is 0 Å². The molecule has 1 saturated heterocycles. The van der Waals surface area contributed by atoms with Crippen LogP contribution in [-0.4, -0.2) is 55.3 Å². The van der Waals surface area contributed by atoms with E-state index in [-0.39, 0.29) is 0 Å². The number of aryl methyl sites for hydroxylation is 1. The lowest BCUT2D eigenvalue weighted by Crippen LogP contribution is -2.46. The van der Waals surface area contributed by atoms with Crippen LogP contribution < -0.4 is 0 Å². The Hall–Kier alpha value is -2.35. The van der Waals surface area contributed by atoms with E-state index >= 15 is 0 Å². The number of rotatable bonds is 5. The van der Waals surface area contributed by atoms with Crippen molar-refractivity contribution >= 4 is 12.2 Å².